The van der Waals surface area contributed by atoms with Crippen LogP contribution in [0.1, 0.15) is 49.2 Å². The smallest absolute Gasteiger partial charge is 0.191 e. The highest BCUT2D eigenvalue weighted by Gasteiger charge is 2.04. The first-order chi connectivity index (χ1) is 9.52. The van der Waals surface area contributed by atoms with E-state index in [0.717, 1.165) is 35.7 Å². The quantitative estimate of drug-likeness (QED) is 0.461. The van der Waals surface area contributed by atoms with Gasteiger partial charge in [-0.25, -0.2) is 9.98 Å². The number of thiazole rings is 1. The Balaban J connectivity index is 2.47. The lowest BCUT2D eigenvalue weighted by atomic mass is 10.1. The number of aryl methyl sites for hydroxylation is 2. The van der Waals surface area contributed by atoms with Gasteiger partial charge in [0.1, 0.15) is 0 Å². The Morgan fingerprint density at radius 2 is 2.05 bits per heavy atom. The van der Waals surface area contributed by atoms with E-state index in [1.54, 1.807) is 11.3 Å². The molecule has 1 heterocycles. The molecule has 0 aliphatic heterocycles. The molecule has 1 rings (SSSR count). The fourth-order valence-electron chi connectivity index (χ4n) is 1.93. The molecule has 114 valence electrons. The highest BCUT2D eigenvalue weighted by atomic mass is 32.1. The molecule has 0 aliphatic carbocycles. The molecule has 0 radical (unpaired) electrons. The molecule has 4 nitrogen and oxygen atoms in total. The lowest BCUT2D eigenvalue weighted by Crippen LogP contribution is -2.37. The zero-order chi connectivity index (χ0) is 15.0. The minimum absolute atomic E-state index is 0.705. The lowest BCUT2D eigenvalue weighted by Gasteiger charge is -2.11. The molecule has 0 spiro atoms. The Morgan fingerprint density at radius 3 is 2.60 bits per heavy atom. The monoisotopic (exact) mass is 296 g/mol. The van der Waals surface area contributed by atoms with Crippen molar-refractivity contribution in [1.82, 2.24) is 15.6 Å². The Kier molecular flexibility index (Phi) is 7.59. The summed E-state index contributed by atoms with van der Waals surface area (Å²) < 4.78 is 0. The summed E-state index contributed by atoms with van der Waals surface area (Å²) in [4.78, 5) is 10.3. The minimum Gasteiger partial charge on any atom is -0.357 e. The summed E-state index contributed by atoms with van der Waals surface area (Å²) in [7, 11) is 0. The van der Waals surface area contributed by atoms with Crippen molar-refractivity contribution in [3.63, 3.8) is 0 Å². The van der Waals surface area contributed by atoms with E-state index >= 15 is 0 Å². The first kappa shape index (κ1) is 17.0. The van der Waals surface area contributed by atoms with Gasteiger partial charge in [0.15, 0.2) is 5.96 Å². The van der Waals surface area contributed by atoms with Gasteiger partial charge in [0.2, 0.25) is 0 Å². The van der Waals surface area contributed by atoms with Gasteiger partial charge in [0.05, 0.1) is 17.2 Å². The predicted octanol–water partition coefficient (Wildman–Crippen LogP) is 3.25. The molecule has 0 saturated heterocycles. The van der Waals surface area contributed by atoms with Crippen molar-refractivity contribution in [2.45, 2.75) is 54.0 Å². The van der Waals surface area contributed by atoms with Gasteiger partial charge in [-0.15, -0.1) is 11.3 Å². The predicted molar refractivity (Wildman–Crippen MR) is 88.5 cm³/mol. The first-order valence-corrected chi connectivity index (χ1v) is 8.29. The molecule has 0 bridgehead atoms. The summed E-state index contributed by atoms with van der Waals surface area (Å²) in [5.74, 6) is 1.67. The van der Waals surface area contributed by atoms with Gasteiger partial charge < -0.3 is 10.6 Å². The van der Waals surface area contributed by atoms with Crippen LogP contribution >= 0.6 is 11.3 Å². The molecule has 0 fully saturated rings. The van der Waals surface area contributed by atoms with Crippen LogP contribution in [0.15, 0.2) is 4.99 Å². The lowest BCUT2D eigenvalue weighted by molar-refractivity contribution is 0.549. The Labute approximate surface area is 127 Å². The second-order valence-electron chi connectivity index (χ2n) is 5.40. The highest BCUT2D eigenvalue weighted by Crippen LogP contribution is 2.17. The molecular weight excluding hydrogens is 268 g/mol. The number of nitrogens with zero attached hydrogens (tertiary/aromatic N) is 2. The summed E-state index contributed by atoms with van der Waals surface area (Å²) in [6, 6.07) is 0. The molecule has 20 heavy (non-hydrogen) atoms. The number of nitrogens with one attached hydrogen (secondary N) is 2. The van der Waals surface area contributed by atoms with E-state index in [9.17, 15) is 0 Å². The molecule has 1 aromatic rings. The third-order valence-corrected chi connectivity index (χ3v) is 4.03. The van der Waals surface area contributed by atoms with Crippen LogP contribution in [0.3, 0.4) is 0 Å². The Bertz CT molecular complexity index is 424. The second kappa shape index (κ2) is 8.95. The molecule has 0 aliphatic rings. The third kappa shape index (κ3) is 6.37. The van der Waals surface area contributed by atoms with Gasteiger partial charge in [-0.05, 0) is 39.5 Å². The summed E-state index contributed by atoms with van der Waals surface area (Å²) >= 11 is 1.73. The zero-order valence-corrected chi connectivity index (χ0v) is 14.2. The number of hydrogen-bond donors (Lipinski definition) is 2. The van der Waals surface area contributed by atoms with Crippen molar-refractivity contribution in [3.05, 3.63) is 15.6 Å². The van der Waals surface area contributed by atoms with Crippen molar-refractivity contribution in [2.24, 2.45) is 10.9 Å². The van der Waals surface area contributed by atoms with Crippen LogP contribution in [0.4, 0.5) is 0 Å². The van der Waals surface area contributed by atoms with Gasteiger partial charge in [0, 0.05) is 18.0 Å². The molecule has 0 aromatic carbocycles. The van der Waals surface area contributed by atoms with E-state index in [4.69, 9.17) is 0 Å². The maximum Gasteiger partial charge on any atom is 0.191 e. The fraction of sp³-hybridized carbons (Fsp3) is 0.733. The van der Waals surface area contributed by atoms with Gasteiger partial charge in [-0.1, -0.05) is 13.8 Å². The topological polar surface area (TPSA) is 49.3 Å². The van der Waals surface area contributed by atoms with E-state index in [1.807, 2.05) is 6.92 Å². The van der Waals surface area contributed by atoms with E-state index in [1.165, 1.54) is 17.7 Å². The molecule has 0 unspecified atom stereocenters. The van der Waals surface area contributed by atoms with Crippen LogP contribution in [-0.2, 0) is 6.54 Å². The molecule has 5 heteroatoms. The van der Waals surface area contributed by atoms with E-state index in [0.29, 0.717) is 6.54 Å². The van der Waals surface area contributed by atoms with Crippen molar-refractivity contribution >= 4 is 17.3 Å². The van der Waals surface area contributed by atoms with Crippen LogP contribution in [0.5, 0.6) is 0 Å². The zero-order valence-electron chi connectivity index (χ0n) is 13.4. The van der Waals surface area contributed by atoms with Crippen LogP contribution < -0.4 is 10.6 Å². The van der Waals surface area contributed by atoms with Crippen LogP contribution in [0.25, 0.3) is 0 Å². The average molecular weight is 296 g/mol. The van der Waals surface area contributed by atoms with Crippen LogP contribution in [0, 0.1) is 19.8 Å². The van der Waals surface area contributed by atoms with Crippen molar-refractivity contribution in [1.29, 1.82) is 0 Å². The second-order valence-corrected chi connectivity index (χ2v) is 6.69. The fourth-order valence-corrected chi connectivity index (χ4v) is 2.79. The summed E-state index contributed by atoms with van der Waals surface area (Å²) in [6.45, 7) is 13.3. The highest BCUT2D eigenvalue weighted by molar-refractivity contribution is 7.11. The number of rotatable bonds is 7. The van der Waals surface area contributed by atoms with E-state index < -0.39 is 0 Å². The molecule has 0 atom stereocenters. The van der Waals surface area contributed by atoms with Gasteiger partial charge >= 0.3 is 0 Å². The van der Waals surface area contributed by atoms with E-state index in [2.05, 4.69) is 48.3 Å². The Hall–Kier alpha value is -1.10. The number of aromatic nitrogens is 1. The number of guanidine groups is 1. The molecule has 0 saturated carbocycles. The normalized spacial score (nSPS) is 12.0. The maximum atomic E-state index is 4.64. The standard InChI is InChI=1S/C15H28N4S/c1-6-16-15(17-9-7-8-11(2)3)18-10-14-12(4)19-13(5)20-14/h11H,6-10H2,1-5H3,(H2,16,17,18). The third-order valence-electron chi connectivity index (χ3n) is 2.98. The summed E-state index contributed by atoms with van der Waals surface area (Å²) in [6.07, 6.45) is 2.43. The largest absolute Gasteiger partial charge is 0.357 e. The molecule has 1 aromatic heterocycles. The first-order valence-electron chi connectivity index (χ1n) is 7.48. The van der Waals surface area contributed by atoms with Crippen molar-refractivity contribution in [3.8, 4) is 0 Å². The SMILES string of the molecule is CCNC(=NCc1sc(C)nc1C)NCCCC(C)C. The van der Waals surface area contributed by atoms with E-state index in [-0.39, 0.29) is 0 Å². The summed E-state index contributed by atoms with van der Waals surface area (Å²) in [5, 5.41) is 7.80. The Morgan fingerprint density at radius 1 is 1.30 bits per heavy atom. The van der Waals surface area contributed by atoms with Gasteiger partial charge in [0.25, 0.3) is 0 Å². The van der Waals surface area contributed by atoms with Gasteiger partial charge in [-0.3, -0.25) is 0 Å². The van der Waals surface area contributed by atoms with Crippen molar-refractivity contribution in [2.75, 3.05) is 13.1 Å². The van der Waals surface area contributed by atoms with Gasteiger partial charge in [-0.2, -0.15) is 0 Å². The molecule has 2 N–H and O–H groups in total. The summed E-state index contributed by atoms with van der Waals surface area (Å²) in [5.41, 5.74) is 1.10. The minimum atomic E-state index is 0.705. The van der Waals surface area contributed by atoms with Crippen LogP contribution in [-0.4, -0.2) is 24.0 Å². The molecular formula is C15H28N4S. The average Bonchev–Trinajstić information content (AvgIpc) is 2.69. The number of aliphatic imine (C=N–C) groups is 1. The van der Waals surface area contributed by atoms with Crippen molar-refractivity contribution < 1.29 is 0 Å². The maximum absolute atomic E-state index is 4.64. The molecule has 0 amide bonds. The number of hydrogen-bond acceptors (Lipinski definition) is 3. The van der Waals surface area contributed by atoms with Crippen LogP contribution in [0.2, 0.25) is 0 Å².